The Labute approximate surface area is 189 Å². The highest BCUT2D eigenvalue weighted by Gasteiger charge is 2.15. The molecule has 0 fully saturated rings. The summed E-state index contributed by atoms with van der Waals surface area (Å²) in [7, 11) is -3.73. The van der Waals surface area contributed by atoms with Crippen LogP contribution in [0.25, 0.3) is 0 Å². The monoisotopic (exact) mass is 536 g/mol. The lowest BCUT2D eigenvalue weighted by molar-refractivity contribution is -0.118. The van der Waals surface area contributed by atoms with E-state index in [2.05, 4.69) is 32.6 Å². The molecule has 30 heavy (non-hydrogen) atoms. The average molecular weight is 536 g/mol. The van der Waals surface area contributed by atoms with Gasteiger partial charge in [-0.15, -0.1) is 0 Å². The van der Waals surface area contributed by atoms with E-state index in [1.54, 1.807) is 24.3 Å². The predicted octanol–water partition coefficient (Wildman–Crippen LogP) is 4.73. The molecule has 2 N–H and O–H groups in total. The summed E-state index contributed by atoms with van der Waals surface area (Å²) in [6.45, 7) is 3.74. The number of carbonyl (C=O) groups excluding carboxylic acids is 1. The zero-order valence-corrected chi connectivity index (χ0v) is 19.5. The lowest BCUT2D eigenvalue weighted by atomic mass is 10.1. The third kappa shape index (κ3) is 5.96. The molecule has 0 unspecified atom stereocenters. The second-order valence-electron chi connectivity index (χ2n) is 6.72. The van der Waals surface area contributed by atoms with Gasteiger partial charge in [-0.25, -0.2) is 8.42 Å². The van der Waals surface area contributed by atoms with Gasteiger partial charge in [-0.1, -0.05) is 6.07 Å². The van der Waals surface area contributed by atoms with E-state index < -0.39 is 10.0 Å². The molecular formula is C22H21IN2O4S. The standard InChI is InChI=1S/C22H21IN2O4S/c1-15-3-6-19(13-16(15)2)25-30(27,28)21-11-7-18(8-12-21)24-22(26)14-29-20-9-4-17(23)5-10-20/h3-13,25H,14H2,1-2H3,(H,24,26). The van der Waals surface area contributed by atoms with Crippen molar-refractivity contribution in [2.24, 2.45) is 0 Å². The normalized spacial score (nSPS) is 11.0. The number of ether oxygens (including phenoxy) is 1. The molecule has 0 aliphatic heterocycles. The van der Waals surface area contributed by atoms with Crippen LogP contribution in [0.1, 0.15) is 11.1 Å². The molecule has 8 heteroatoms. The molecule has 6 nitrogen and oxygen atoms in total. The van der Waals surface area contributed by atoms with E-state index >= 15 is 0 Å². The van der Waals surface area contributed by atoms with Crippen LogP contribution in [0, 0.1) is 17.4 Å². The number of rotatable bonds is 7. The van der Waals surface area contributed by atoms with E-state index in [4.69, 9.17) is 4.74 Å². The smallest absolute Gasteiger partial charge is 0.262 e. The Morgan fingerprint density at radius 1 is 0.900 bits per heavy atom. The zero-order chi connectivity index (χ0) is 21.7. The minimum Gasteiger partial charge on any atom is -0.484 e. The van der Waals surface area contributed by atoms with Crippen molar-refractivity contribution in [1.29, 1.82) is 0 Å². The molecule has 3 aromatic rings. The van der Waals surface area contributed by atoms with Crippen LogP contribution < -0.4 is 14.8 Å². The van der Waals surface area contributed by atoms with E-state index in [1.807, 2.05) is 32.0 Å². The van der Waals surface area contributed by atoms with Crippen molar-refractivity contribution in [2.75, 3.05) is 16.6 Å². The SMILES string of the molecule is Cc1ccc(NS(=O)(=O)c2ccc(NC(=O)COc3ccc(I)cc3)cc2)cc1C. The maximum Gasteiger partial charge on any atom is 0.262 e. The van der Waals surface area contributed by atoms with Crippen molar-refractivity contribution in [3.63, 3.8) is 0 Å². The quantitative estimate of drug-likeness (QED) is 0.428. The largest absolute Gasteiger partial charge is 0.484 e. The summed E-state index contributed by atoms with van der Waals surface area (Å²) in [5.74, 6) is 0.266. The lowest BCUT2D eigenvalue weighted by Gasteiger charge is -2.11. The van der Waals surface area contributed by atoms with Crippen LogP contribution in [-0.4, -0.2) is 20.9 Å². The van der Waals surface area contributed by atoms with Crippen LogP contribution >= 0.6 is 22.6 Å². The first kappa shape index (κ1) is 22.1. The summed E-state index contributed by atoms with van der Waals surface area (Å²) < 4.78 is 34.3. The minimum absolute atomic E-state index is 0.105. The summed E-state index contributed by atoms with van der Waals surface area (Å²) in [5, 5.41) is 2.68. The number of hydrogen-bond acceptors (Lipinski definition) is 4. The number of benzene rings is 3. The number of anilines is 2. The lowest BCUT2D eigenvalue weighted by Crippen LogP contribution is -2.20. The van der Waals surface area contributed by atoms with Crippen molar-refractivity contribution < 1.29 is 17.9 Å². The number of aryl methyl sites for hydroxylation is 2. The van der Waals surface area contributed by atoms with Crippen LogP contribution in [0.2, 0.25) is 0 Å². The van der Waals surface area contributed by atoms with E-state index in [9.17, 15) is 13.2 Å². The molecular weight excluding hydrogens is 515 g/mol. The predicted molar refractivity (Wildman–Crippen MR) is 126 cm³/mol. The third-order valence-corrected chi connectivity index (χ3v) is 6.51. The summed E-state index contributed by atoms with van der Waals surface area (Å²) in [6, 6.07) is 18.7. The molecule has 0 spiro atoms. The Hall–Kier alpha value is -2.59. The Morgan fingerprint density at radius 2 is 1.53 bits per heavy atom. The van der Waals surface area contributed by atoms with E-state index in [1.165, 1.54) is 24.3 Å². The Kier molecular flexibility index (Phi) is 6.99. The van der Waals surface area contributed by atoms with Crippen LogP contribution in [0.4, 0.5) is 11.4 Å². The number of halogens is 1. The number of hydrogen-bond donors (Lipinski definition) is 2. The molecule has 0 atom stereocenters. The summed E-state index contributed by atoms with van der Waals surface area (Å²) in [6.07, 6.45) is 0. The van der Waals surface area contributed by atoms with Gasteiger partial charge in [-0.2, -0.15) is 0 Å². The van der Waals surface area contributed by atoms with Crippen LogP contribution in [0.15, 0.2) is 71.6 Å². The second-order valence-corrected chi connectivity index (χ2v) is 9.65. The van der Waals surface area contributed by atoms with Crippen LogP contribution in [0.3, 0.4) is 0 Å². The van der Waals surface area contributed by atoms with Gasteiger partial charge in [-0.3, -0.25) is 9.52 Å². The fraction of sp³-hybridized carbons (Fsp3) is 0.136. The fourth-order valence-corrected chi connectivity index (χ4v) is 4.02. The molecule has 0 aliphatic rings. The van der Waals surface area contributed by atoms with Crippen molar-refractivity contribution in [2.45, 2.75) is 18.7 Å². The van der Waals surface area contributed by atoms with Crippen LogP contribution in [-0.2, 0) is 14.8 Å². The molecule has 3 aromatic carbocycles. The average Bonchev–Trinajstić information content (AvgIpc) is 2.70. The van der Waals surface area contributed by atoms with E-state index in [-0.39, 0.29) is 17.4 Å². The highest BCUT2D eigenvalue weighted by atomic mass is 127. The summed E-state index contributed by atoms with van der Waals surface area (Å²) in [4.78, 5) is 12.2. The van der Waals surface area contributed by atoms with Crippen molar-refractivity contribution in [1.82, 2.24) is 0 Å². The van der Waals surface area contributed by atoms with Gasteiger partial charge < -0.3 is 10.1 Å². The summed E-state index contributed by atoms with van der Waals surface area (Å²) >= 11 is 2.19. The highest BCUT2D eigenvalue weighted by Crippen LogP contribution is 2.20. The van der Waals surface area contributed by atoms with E-state index in [0.717, 1.165) is 14.7 Å². The first-order chi connectivity index (χ1) is 14.2. The molecule has 0 radical (unpaired) electrons. The Morgan fingerprint density at radius 3 is 2.17 bits per heavy atom. The maximum atomic E-state index is 12.6. The van der Waals surface area contributed by atoms with Crippen molar-refractivity contribution in [3.05, 3.63) is 81.4 Å². The first-order valence-corrected chi connectivity index (χ1v) is 11.7. The van der Waals surface area contributed by atoms with Crippen LogP contribution in [0.5, 0.6) is 5.75 Å². The zero-order valence-electron chi connectivity index (χ0n) is 16.5. The van der Waals surface area contributed by atoms with Gasteiger partial charge in [0.1, 0.15) is 5.75 Å². The number of nitrogens with one attached hydrogen (secondary N) is 2. The Bertz CT molecular complexity index is 1140. The van der Waals surface area contributed by atoms with Gasteiger partial charge in [0.2, 0.25) is 0 Å². The number of amides is 1. The van der Waals surface area contributed by atoms with Gasteiger partial charge >= 0.3 is 0 Å². The number of carbonyl (C=O) groups is 1. The molecule has 0 aliphatic carbocycles. The van der Waals surface area contributed by atoms with Crippen molar-refractivity contribution >= 4 is 49.9 Å². The molecule has 0 saturated heterocycles. The summed E-state index contributed by atoms with van der Waals surface area (Å²) in [5.41, 5.74) is 3.07. The molecule has 3 rings (SSSR count). The van der Waals surface area contributed by atoms with Gasteiger partial charge in [0, 0.05) is 14.9 Å². The number of sulfonamides is 1. The van der Waals surface area contributed by atoms with E-state index in [0.29, 0.717) is 17.1 Å². The highest BCUT2D eigenvalue weighted by molar-refractivity contribution is 14.1. The third-order valence-electron chi connectivity index (χ3n) is 4.39. The fourth-order valence-electron chi connectivity index (χ4n) is 2.61. The maximum absolute atomic E-state index is 12.6. The second kappa shape index (κ2) is 9.48. The molecule has 1 amide bonds. The van der Waals surface area contributed by atoms with Gasteiger partial charge in [0.05, 0.1) is 4.90 Å². The van der Waals surface area contributed by atoms with Gasteiger partial charge in [-0.05, 0) is 108 Å². The molecule has 156 valence electrons. The van der Waals surface area contributed by atoms with Crippen molar-refractivity contribution in [3.8, 4) is 5.75 Å². The molecule has 0 aromatic heterocycles. The van der Waals surface area contributed by atoms with Gasteiger partial charge in [0.15, 0.2) is 6.61 Å². The molecule has 0 saturated carbocycles. The molecule has 0 heterocycles. The van der Waals surface area contributed by atoms with Gasteiger partial charge in [0.25, 0.3) is 15.9 Å². The Balaban J connectivity index is 1.59. The first-order valence-electron chi connectivity index (χ1n) is 9.11. The minimum atomic E-state index is -3.73. The topological polar surface area (TPSA) is 84.5 Å². The molecule has 0 bridgehead atoms.